The maximum Gasteiger partial charge on any atom is 0.276 e. The number of amides is 1. The molecule has 2 aromatic heterocycles. The number of carbonyl (C=O) groups is 1. The first-order chi connectivity index (χ1) is 12.6. The molecule has 0 atom stereocenters. The Kier molecular flexibility index (Phi) is 4.12. The molecule has 0 radical (unpaired) electrons. The van der Waals surface area contributed by atoms with Crippen LogP contribution < -0.4 is 15.6 Å². The summed E-state index contributed by atoms with van der Waals surface area (Å²) in [5.74, 6) is 0.444. The highest BCUT2D eigenvalue weighted by molar-refractivity contribution is 6.03. The van der Waals surface area contributed by atoms with E-state index in [0.29, 0.717) is 11.1 Å². The highest BCUT2D eigenvalue weighted by Gasteiger charge is 2.15. The van der Waals surface area contributed by atoms with Gasteiger partial charge in [-0.3, -0.25) is 9.59 Å². The van der Waals surface area contributed by atoms with Crippen molar-refractivity contribution < 1.29 is 4.79 Å². The molecule has 0 bridgehead atoms. The molecule has 1 aliphatic rings. The topological polar surface area (TPSA) is 91.0 Å². The number of benzene rings is 1. The summed E-state index contributed by atoms with van der Waals surface area (Å²) in [6.45, 7) is 3.79. The number of rotatable bonds is 3. The molecule has 1 saturated heterocycles. The number of carbonyl (C=O) groups excluding carboxylic acids is 1. The van der Waals surface area contributed by atoms with Crippen LogP contribution >= 0.6 is 0 Å². The molecule has 2 N–H and O–H groups in total. The van der Waals surface area contributed by atoms with Crippen molar-refractivity contribution in [2.75, 3.05) is 23.3 Å². The van der Waals surface area contributed by atoms with Crippen molar-refractivity contribution in [2.45, 2.75) is 19.8 Å². The van der Waals surface area contributed by atoms with Gasteiger partial charge >= 0.3 is 0 Å². The van der Waals surface area contributed by atoms with E-state index in [9.17, 15) is 9.59 Å². The predicted octanol–water partition coefficient (Wildman–Crippen LogP) is 2.48. The van der Waals surface area contributed by atoms with Gasteiger partial charge in [0.15, 0.2) is 16.9 Å². The first-order valence-electron chi connectivity index (χ1n) is 8.64. The number of pyridine rings is 1. The molecule has 26 heavy (non-hydrogen) atoms. The molecule has 0 saturated carbocycles. The van der Waals surface area contributed by atoms with Crippen LogP contribution in [-0.4, -0.2) is 34.2 Å². The highest BCUT2D eigenvalue weighted by Crippen LogP contribution is 2.18. The van der Waals surface area contributed by atoms with Crippen LogP contribution in [0.2, 0.25) is 0 Å². The third-order valence-electron chi connectivity index (χ3n) is 4.54. The Hall–Kier alpha value is -3.22. The van der Waals surface area contributed by atoms with E-state index in [1.54, 1.807) is 24.3 Å². The zero-order valence-corrected chi connectivity index (χ0v) is 14.5. The summed E-state index contributed by atoms with van der Waals surface area (Å²) < 4.78 is 0. The Morgan fingerprint density at radius 1 is 1.12 bits per heavy atom. The molecular weight excluding hydrogens is 330 g/mol. The van der Waals surface area contributed by atoms with E-state index in [-0.39, 0.29) is 17.0 Å². The number of anilines is 2. The Balaban J connectivity index is 1.54. The molecule has 7 nitrogen and oxygen atoms in total. The van der Waals surface area contributed by atoms with Gasteiger partial charge in [0.05, 0.1) is 0 Å². The van der Waals surface area contributed by atoms with Crippen molar-refractivity contribution in [3.63, 3.8) is 0 Å². The number of nitrogens with zero attached hydrogens (tertiary/aromatic N) is 3. The molecule has 1 aromatic carbocycles. The summed E-state index contributed by atoms with van der Waals surface area (Å²) >= 11 is 0. The van der Waals surface area contributed by atoms with Crippen LogP contribution in [0.3, 0.4) is 0 Å². The normalized spacial score (nSPS) is 14.0. The van der Waals surface area contributed by atoms with Gasteiger partial charge in [-0.15, -0.1) is 10.2 Å². The smallest absolute Gasteiger partial charge is 0.276 e. The van der Waals surface area contributed by atoms with Crippen LogP contribution in [0.15, 0.2) is 41.2 Å². The summed E-state index contributed by atoms with van der Waals surface area (Å²) in [6, 6.07) is 10.2. The van der Waals surface area contributed by atoms with E-state index in [1.165, 1.54) is 6.07 Å². The molecule has 0 unspecified atom stereocenters. The fourth-order valence-corrected chi connectivity index (χ4v) is 3.21. The van der Waals surface area contributed by atoms with Crippen molar-refractivity contribution in [3.05, 3.63) is 58.0 Å². The van der Waals surface area contributed by atoms with Gasteiger partial charge in [-0.25, -0.2) is 0 Å². The van der Waals surface area contributed by atoms with E-state index in [1.807, 2.05) is 13.0 Å². The zero-order chi connectivity index (χ0) is 18.1. The Labute approximate surface area is 150 Å². The minimum atomic E-state index is -0.353. The largest absolute Gasteiger partial charge is 0.358 e. The second-order valence-electron chi connectivity index (χ2n) is 6.50. The monoisotopic (exact) mass is 349 g/mol. The lowest BCUT2D eigenvalue weighted by atomic mass is 10.1. The number of H-pyrrole nitrogens is 1. The molecule has 1 fully saturated rings. The first-order valence-corrected chi connectivity index (χ1v) is 8.64. The number of hydrogen-bond donors (Lipinski definition) is 2. The molecule has 0 aliphatic carbocycles. The molecule has 132 valence electrons. The van der Waals surface area contributed by atoms with Crippen LogP contribution in [0.4, 0.5) is 11.5 Å². The Morgan fingerprint density at radius 3 is 2.65 bits per heavy atom. The van der Waals surface area contributed by atoms with Gasteiger partial charge in [0, 0.05) is 41.4 Å². The minimum absolute atomic E-state index is 0.0814. The molecule has 1 aliphatic heterocycles. The van der Waals surface area contributed by atoms with E-state index in [0.717, 1.165) is 43.0 Å². The molecular formula is C19H19N5O2. The summed E-state index contributed by atoms with van der Waals surface area (Å²) in [4.78, 5) is 29.8. The lowest BCUT2D eigenvalue weighted by molar-refractivity contribution is 0.102. The van der Waals surface area contributed by atoms with E-state index < -0.39 is 0 Å². The van der Waals surface area contributed by atoms with Crippen molar-refractivity contribution in [2.24, 2.45) is 0 Å². The SMILES string of the molecule is Cc1cc(=O)c2cc(NC(=O)c3ccc(N4CCCC4)nn3)ccc2[nH]1. The highest BCUT2D eigenvalue weighted by atomic mass is 16.2. The third kappa shape index (κ3) is 3.15. The average Bonchev–Trinajstić information content (AvgIpc) is 3.17. The van der Waals surface area contributed by atoms with Crippen molar-refractivity contribution in [1.29, 1.82) is 0 Å². The summed E-state index contributed by atoms with van der Waals surface area (Å²) in [6.07, 6.45) is 2.31. The molecule has 7 heteroatoms. The molecule has 0 spiro atoms. The third-order valence-corrected chi connectivity index (χ3v) is 4.54. The lowest BCUT2D eigenvalue weighted by Crippen LogP contribution is -2.21. The Bertz CT molecular complexity index is 1020. The predicted molar refractivity (Wildman–Crippen MR) is 101 cm³/mol. The van der Waals surface area contributed by atoms with E-state index in [2.05, 4.69) is 25.4 Å². The van der Waals surface area contributed by atoms with Gasteiger partial charge in [-0.1, -0.05) is 0 Å². The quantitative estimate of drug-likeness (QED) is 0.758. The summed E-state index contributed by atoms with van der Waals surface area (Å²) in [7, 11) is 0. The number of hydrogen-bond acceptors (Lipinski definition) is 5. The van der Waals surface area contributed by atoms with Gasteiger partial charge in [-0.2, -0.15) is 0 Å². The van der Waals surface area contributed by atoms with E-state index >= 15 is 0 Å². The lowest BCUT2D eigenvalue weighted by Gasteiger charge is -2.15. The number of fused-ring (bicyclic) bond motifs is 1. The zero-order valence-electron chi connectivity index (χ0n) is 14.5. The number of aromatic nitrogens is 3. The van der Waals surface area contributed by atoms with Gasteiger partial charge in [-0.05, 0) is 50.1 Å². The van der Waals surface area contributed by atoms with Crippen LogP contribution in [0.1, 0.15) is 29.0 Å². The number of aryl methyl sites for hydroxylation is 1. The molecule has 4 rings (SSSR count). The van der Waals surface area contributed by atoms with Crippen molar-refractivity contribution >= 4 is 28.3 Å². The summed E-state index contributed by atoms with van der Waals surface area (Å²) in [5.41, 5.74) is 2.24. The van der Waals surface area contributed by atoms with Crippen LogP contribution in [0, 0.1) is 6.92 Å². The fraction of sp³-hybridized carbons (Fsp3) is 0.263. The molecule has 3 aromatic rings. The van der Waals surface area contributed by atoms with E-state index in [4.69, 9.17) is 0 Å². The van der Waals surface area contributed by atoms with Crippen molar-refractivity contribution in [3.8, 4) is 0 Å². The maximum absolute atomic E-state index is 12.4. The average molecular weight is 349 g/mol. The molecule has 3 heterocycles. The Morgan fingerprint density at radius 2 is 1.92 bits per heavy atom. The standard InChI is InChI=1S/C19H19N5O2/c1-12-10-17(25)14-11-13(4-5-15(14)20-12)21-19(26)16-6-7-18(23-22-16)24-8-2-3-9-24/h4-7,10-11H,2-3,8-9H2,1H3,(H,20,25)(H,21,26). The van der Waals surface area contributed by atoms with Gasteiger partial charge in [0.1, 0.15) is 0 Å². The second kappa shape index (κ2) is 6.59. The van der Waals surface area contributed by atoms with Gasteiger partial charge in [0.2, 0.25) is 0 Å². The van der Waals surface area contributed by atoms with Crippen LogP contribution in [0.5, 0.6) is 0 Å². The van der Waals surface area contributed by atoms with Gasteiger partial charge in [0.25, 0.3) is 5.91 Å². The fourth-order valence-electron chi connectivity index (χ4n) is 3.21. The minimum Gasteiger partial charge on any atom is -0.358 e. The summed E-state index contributed by atoms with van der Waals surface area (Å²) in [5, 5.41) is 11.5. The maximum atomic E-state index is 12.4. The number of nitrogens with one attached hydrogen (secondary N) is 2. The number of aromatic amines is 1. The van der Waals surface area contributed by atoms with Crippen molar-refractivity contribution in [1.82, 2.24) is 15.2 Å². The first kappa shape index (κ1) is 16.3. The second-order valence-corrected chi connectivity index (χ2v) is 6.50. The van der Waals surface area contributed by atoms with Gasteiger partial charge < -0.3 is 15.2 Å². The van der Waals surface area contributed by atoms with Crippen LogP contribution in [0.25, 0.3) is 10.9 Å². The molecule has 1 amide bonds. The van der Waals surface area contributed by atoms with Crippen LogP contribution in [-0.2, 0) is 0 Å².